The Labute approximate surface area is 127 Å². The maximum atomic E-state index is 12.3. The normalized spacial score (nSPS) is 17.6. The Morgan fingerprint density at radius 1 is 1.11 bits per heavy atom. The quantitative estimate of drug-likeness (QED) is 0.887. The Kier molecular flexibility index (Phi) is 4.98. The van der Waals surface area contributed by atoms with Crippen molar-refractivity contribution < 1.29 is 8.42 Å². The highest BCUT2D eigenvalue weighted by Gasteiger charge is 2.26. The van der Waals surface area contributed by atoms with Gasteiger partial charge in [0, 0.05) is 11.1 Å². The first-order valence-electron chi connectivity index (χ1n) is 5.78. The number of hydrogen-bond acceptors (Lipinski definition) is 3. The highest BCUT2D eigenvalue weighted by atomic mass is 35.5. The Bertz CT molecular complexity index is 548. The molecular weight excluding hydrogens is 331 g/mol. The van der Waals surface area contributed by atoms with E-state index in [0.717, 1.165) is 25.9 Å². The van der Waals surface area contributed by atoms with Crippen molar-refractivity contribution in [3.05, 3.63) is 27.2 Å². The molecule has 1 saturated heterocycles. The largest absolute Gasteiger partial charge is 0.317 e. The van der Waals surface area contributed by atoms with Gasteiger partial charge in [-0.2, -0.15) is 0 Å². The fourth-order valence-electron chi connectivity index (χ4n) is 2.00. The van der Waals surface area contributed by atoms with Gasteiger partial charge in [0.05, 0.1) is 10.0 Å². The highest BCUT2D eigenvalue weighted by molar-refractivity contribution is 7.89. The number of rotatable bonds is 3. The van der Waals surface area contributed by atoms with Gasteiger partial charge in [-0.05, 0) is 38.1 Å². The predicted molar refractivity (Wildman–Crippen MR) is 77.7 cm³/mol. The molecule has 0 bridgehead atoms. The van der Waals surface area contributed by atoms with Crippen LogP contribution in [0.4, 0.5) is 0 Å². The molecular formula is C11H13Cl3N2O2S. The molecule has 0 aromatic heterocycles. The van der Waals surface area contributed by atoms with E-state index in [1.807, 2.05) is 0 Å². The fraction of sp³-hybridized carbons (Fsp3) is 0.455. The molecule has 19 heavy (non-hydrogen) atoms. The van der Waals surface area contributed by atoms with Gasteiger partial charge in [0.25, 0.3) is 0 Å². The van der Waals surface area contributed by atoms with Crippen molar-refractivity contribution in [3.8, 4) is 0 Å². The lowest BCUT2D eigenvalue weighted by Gasteiger charge is -2.24. The zero-order valence-corrected chi connectivity index (χ0v) is 13.0. The summed E-state index contributed by atoms with van der Waals surface area (Å²) >= 11 is 17.6. The molecule has 4 nitrogen and oxygen atoms in total. The van der Waals surface area contributed by atoms with Crippen LogP contribution >= 0.6 is 34.8 Å². The molecule has 1 heterocycles. The van der Waals surface area contributed by atoms with Crippen LogP contribution in [-0.2, 0) is 10.0 Å². The first kappa shape index (κ1) is 15.4. The summed E-state index contributed by atoms with van der Waals surface area (Å²) < 4.78 is 27.3. The summed E-state index contributed by atoms with van der Waals surface area (Å²) in [6.07, 6.45) is 1.48. The van der Waals surface area contributed by atoms with Gasteiger partial charge in [-0.1, -0.05) is 34.8 Å². The second-order valence-electron chi connectivity index (χ2n) is 4.34. The molecule has 0 spiro atoms. The maximum Gasteiger partial charge on any atom is 0.243 e. The molecule has 0 aliphatic carbocycles. The fourth-order valence-corrected chi connectivity index (χ4v) is 4.85. The molecule has 8 heteroatoms. The van der Waals surface area contributed by atoms with Crippen LogP contribution in [0.15, 0.2) is 17.0 Å². The van der Waals surface area contributed by atoms with E-state index in [-0.39, 0.29) is 21.0 Å². The number of sulfonamides is 1. The Morgan fingerprint density at radius 2 is 1.63 bits per heavy atom. The second-order valence-corrected chi connectivity index (χ2v) is 7.25. The van der Waals surface area contributed by atoms with Crippen LogP contribution < -0.4 is 10.0 Å². The maximum absolute atomic E-state index is 12.3. The van der Waals surface area contributed by atoms with Gasteiger partial charge in [-0.3, -0.25) is 0 Å². The average molecular weight is 344 g/mol. The topological polar surface area (TPSA) is 58.2 Å². The molecule has 1 fully saturated rings. The van der Waals surface area contributed by atoms with Crippen LogP contribution in [0, 0.1) is 0 Å². The SMILES string of the molecule is O=S(=O)(NC1CCNCC1)c1c(Cl)cc(Cl)cc1Cl. The van der Waals surface area contributed by atoms with Crippen molar-refractivity contribution in [1.29, 1.82) is 0 Å². The van der Waals surface area contributed by atoms with Gasteiger partial charge < -0.3 is 5.32 Å². The van der Waals surface area contributed by atoms with E-state index in [9.17, 15) is 8.42 Å². The van der Waals surface area contributed by atoms with Crippen molar-refractivity contribution in [2.24, 2.45) is 0 Å². The zero-order chi connectivity index (χ0) is 14.0. The third-order valence-corrected chi connectivity index (χ3v) is 5.55. The first-order chi connectivity index (χ1) is 8.90. The van der Waals surface area contributed by atoms with Crippen molar-refractivity contribution in [1.82, 2.24) is 10.0 Å². The molecule has 0 atom stereocenters. The zero-order valence-electron chi connectivity index (χ0n) is 9.92. The second kappa shape index (κ2) is 6.16. The minimum Gasteiger partial charge on any atom is -0.317 e. The Morgan fingerprint density at radius 3 is 2.16 bits per heavy atom. The van der Waals surface area contributed by atoms with E-state index in [1.165, 1.54) is 12.1 Å². The van der Waals surface area contributed by atoms with Gasteiger partial charge in [-0.25, -0.2) is 13.1 Å². The lowest BCUT2D eigenvalue weighted by Crippen LogP contribution is -2.42. The standard InChI is InChI=1S/C11H13Cl3N2O2S/c12-7-5-9(13)11(10(14)6-7)19(17,18)16-8-1-3-15-4-2-8/h5-6,8,15-16H,1-4H2. The lowest BCUT2D eigenvalue weighted by atomic mass is 10.1. The van der Waals surface area contributed by atoms with Gasteiger partial charge in [0.15, 0.2) is 0 Å². The van der Waals surface area contributed by atoms with E-state index in [1.54, 1.807) is 0 Å². The molecule has 0 saturated carbocycles. The van der Waals surface area contributed by atoms with Crippen molar-refractivity contribution in [2.75, 3.05) is 13.1 Å². The number of hydrogen-bond donors (Lipinski definition) is 2. The van der Waals surface area contributed by atoms with E-state index in [0.29, 0.717) is 5.02 Å². The molecule has 1 aromatic carbocycles. The van der Waals surface area contributed by atoms with Crippen LogP contribution in [0.5, 0.6) is 0 Å². The summed E-state index contributed by atoms with van der Waals surface area (Å²) in [6.45, 7) is 1.57. The molecule has 0 radical (unpaired) electrons. The summed E-state index contributed by atoms with van der Waals surface area (Å²) in [5.74, 6) is 0. The van der Waals surface area contributed by atoms with E-state index < -0.39 is 10.0 Å². The Balaban J connectivity index is 2.29. The summed E-state index contributed by atoms with van der Waals surface area (Å²) in [7, 11) is -3.74. The number of nitrogens with one attached hydrogen (secondary N) is 2. The third-order valence-electron chi connectivity index (χ3n) is 2.89. The van der Waals surface area contributed by atoms with Crippen molar-refractivity contribution in [3.63, 3.8) is 0 Å². The minimum absolute atomic E-state index is 0.0268. The first-order valence-corrected chi connectivity index (χ1v) is 8.39. The van der Waals surface area contributed by atoms with Gasteiger partial charge in [0.1, 0.15) is 4.90 Å². The van der Waals surface area contributed by atoms with Crippen LogP contribution in [0.3, 0.4) is 0 Å². The molecule has 2 N–H and O–H groups in total. The molecule has 1 aliphatic rings. The lowest BCUT2D eigenvalue weighted by molar-refractivity contribution is 0.427. The van der Waals surface area contributed by atoms with Crippen LogP contribution in [0.1, 0.15) is 12.8 Å². The van der Waals surface area contributed by atoms with Gasteiger partial charge in [-0.15, -0.1) is 0 Å². The third kappa shape index (κ3) is 3.74. The summed E-state index contributed by atoms with van der Waals surface area (Å²) in [5.41, 5.74) is 0. The molecule has 2 rings (SSSR count). The smallest absolute Gasteiger partial charge is 0.243 e. The summed E-state index contributed by atoms with van der Waals surface area (Å²) in [5, 5.41) is 3.52. The molecule has 106 valence electrons. The molecule has 0 unspecified atom stereocenters. The van der Waals surface area contributed by atoms with E-state index in [2.05, 4.69) is 10.0 Å². The van der Waals surface area contributed by atoms with E-state index >= 15 is 0 Å². The Hall–Kier alpha value is -0.0400. The molecule has 1 aliphatic heterocycles. The minimum atomic E-state index is -3.74. The summed E-state index contributed by atoms with van der Waals surface area (Å²) in [4.78, 5) is -0.112. The highest BCUT2D eigenvalue weighted by Crippen LogP contribution is 2.32. The van der Waals surface area contributed by atoms with Crippen molar-refractivity contribution in [2.45, 2.75) is 23.8 Å². The number of halogens is 3. The summed E-state index contributed by atoms with van der Waals surface area (Å²) in [6, 6.07) is 2.63. The average Bonchev–Trinajstić information content (AvgIpc) is 2.27. The van der Waals surface area contributed by atoms with Crippen LogP contribution in [0.25, 0.3) is 0 Å². The van der Waals surface area contributed by atoms with Crippen molar-refractivity contribution >= 4 is 44.8 Å². The molecule has 1 aromatic rings. The number of benzene rings is 1. The van der Waals surface area contributed by atoms with Gasteiger partial charge in [0.2, 0.25) is 10.0 Å². The van der Waals surface area contributed by atoms with Crippen LogP contribution in [0.2, 0.25) is 15.1 Å². The predicted octanol–water partition coefficient (Wildman–Crippen LogP) is 2.68. The van der Waals surface area contributed by atoms with Crippen LogP contribution in [-0.4, -0.2) is 27.5 Å². The number of piperidine rings is 1. The van der Waals surface area contributed by atoms with Gasteiger partial charge >= 0.3 is 0 Å². The van der Waals surface area contributed by atoms with E-state index in [4.69, 9.17) is 34.8 Å². The molecule has 0 amide bonds. The monoisotopic (exact) mass is 342 g/mol.